The summed E-state index contributed by atoms with van der Waals surface area (Å²) in [7, 11) is 1.61. The summed E-state index contributed by atoms with van der Waals surface area (Å²) >= 11 is 7.41. The fourth-order valence-corrected chi connectivity index (χ4v) is 7.29. The third-order valence-electron chi connectivity index (χ3n) is 8.31. The van der Waals surface area contributed by atoms with Crippen LogP contribution < -0.4 is 15.6 Å². The first-order valence-corrected chi connectivity index (χ1v) is 15.3. The van der Waals surface area contributed by atoms with Gasteiger partial charge in [0.15, 0.2) is 5.16 Å². The molecule has 1 spiro atoms. The molecule has 8 heteroatoms. The molecule has 1 fully saturated rings. The molecular weight excluding hydrogens is 554 g/mol. The van der Waals surface area contributed by atoms with E-state index in [1.54, 1.807) is 23.8 Å². The van der Waals surface area contributed by atoms with Gasteiger partial charge >= 0.3 is 0 Å². The SMILES string of the molecule is COc1cccc(-n2c(SCC(=O)Nc3cc(Cl)ccc3C)nc3c(c2=O)C2(CCCCC2)Cc2ccccc2-3)c1. The van der Waals surface area contributed by atoms with Crippen molar-refractivity contribution in [3.63, 3.8) is 0 Å². The maximum absolute atomic E-state index is 14.7. The summed E-state index contributed by atoms with van der Waals surface area (Å²) in [5.41, 5.74) is 5.76. The van der Waals surface area contributed by atoms with Crippen molar-refractivity contribution in [2.24, 2.45) is 0 Å². The molecule has 0 aliphatic heterocycles. The normalized spacial score (nSPS) is 15.2. The summed E-state index contributed by atoms with van der Waals surface area (Å²) in [6.45, 7) is 1.92. The van der Waals surface area contributed by atoms with Crippen molar-refractivity contribution < 1.29 is 9.53 Å². The van der Waals surface area contributed by atoms with E-state index < -0.39 is 0 Å². The van der Waals surface area contributed by atoms with Crippen molar-refractivity contribution in [1.82, 2.24) is 9.55 Å². The van der Waals surface area contributed by atoms with Crippen molar-refractivity contribution in [2.45, 2.75) is 56.0 Å². The molecule has 4 aromatic rings. The third-order valence-corrected chi connectivity index (χ3v) is 9.49. The first kappa shape index (κ1) is 27.6. The summed E-state index contributed by atoms with van der Waals surface area (Å²) in [4.78, 5) is 33.0. The molecule has 0 saturated heterocycles. The zero-order chi connectivity index (χ0) is 28.6. The molecule has 1 amide bonds. The molecule has 210 valence electrons. The Morgan fingerprint density at radius 2 is 1.88 bits per heavy atom. The van der Waals surface area contributed by atoms with Crippen LogP contribution in [-0.2, 0) is 16.6 Å². The molecule has 0 radical (unpaired) electrons. The zero-order valence-corrected chi connectivity index (χ0v) is 24.8. The number of hydrogen-bond acceptors (Lipinski definition) is 5. The van der Waals surface area contributed by atoms with Crippen LogP contribution in [0.1, 0.15) is 48.8 Å². The van der Waals surface area contributed by atoms with Crippen molar-refractivity contribution in [2.75, 3.05) is 18.2 Å². The molecule has 1 heterocycles. The van der Waals surface area contributed by atoms with Gasteiger partial charge in [0.2, 0.25) is 5.91 Å². The molecule has 1 N–H and O–H groups in total. The predicted molar refractivity (Wildman–Crippen MR) is 166 cm³/mol. The van der Waals surface area contributed by atoms with Gasteiger partial charge in [-0.15, -0.1) is 0 Å². The van der Waals surface area contributed by atoms with Gasteiger partial charge in [-0.25, -0.2) is 4.98 Å². The van der Waals surface area contributed by atoms with Gasteiger partial charge in [-0.2, -0.15) is 0 Å². The minimum Gasteiger partial charge on any atom is -0.497 e. The minimum atomic E-state index is -0.239. The largest absolute Gasteiger partial charge is 0.497 e. The Balaban J connectivity index is 1.47. The number of fused-ring (bicyclic) bond motifs is 4. The first-order valence-electron chi connectivity index (χ1n) is 14.0. The number of nitrogens with zero attached hydrogens (tertiary/aromatic N) is 2. The van der Waals surface area contributed by atoms with Gasteiger partial charge in [0, 0.05) is 27.8 Å². The number of benzene rings is 3. The molecule has 0 atom stereocenters. The Morgan fingerprint density at radius 3 is 2.68 bits per heavy atom. The number of anilines is 1. The number of halogens is 1. The molecule has 2 aliphatic rings. The molecule has 0 bridgehead atoms. The minimum absolute atomic E-state index is 0.0618. The summed E-state index contributed by atoms with van der Waals surface area (Å²) < 4.78 is 7.17. The van der Waals surface area contributed by atoms with Crippen molar-refractivity contribution in [1.29, 1.82) is 0 Å². The number of nitrogens with one attached hydrogen (secondary N) is 1. The Morgan fingerprint density at radius 1 is 1.07 bits per heavy atom. The van der Waals surface area contributed by atoms with Crippen LogP contribution in [0.3, 0.4) is 0 Å². The van der Waals surface area contributed by atoms with Gasteiger partial charge in [-0.05, 0) is 61.6 Å². The van der Waals surface area contributed by atoms with E-state index in [9.17, 15) is 9.59 Å². The highest BCUT2D eigenvalue weighted by Gasteiger charge is 2.43. The van der Waals surface area contributed by atoms with Crippen LogP contribution in [0.2, 0.25) is 5.02 Å². The highest BCUT2D eigenvalue weighted by Crippen LogP contribution is 2.49. The smallest absolute Gasteiger partial charge is 0.263 e. The maximum Gasteiger partial charge on any atom is 0.263 e. The number of amides is 1. The molecule has 1 saturated carbocycles. The molecule has 6 nitrogen and oxygen atoms in total. The van der Waals surface area contributed by atoms with Gasteiger partial charge in [-0.1, -0.05) is 79.0 Å². The van der Waals surface area contributed by atoms with Crippen molar-refractivity contribution in [3.8, 4) is 22.7 Å². The molecule has 1 aromatic heterocycles. The average molecular weight is 586 g/mol. The zero-order valence-electron chi connectivity index (χ0n) is 23.2. The predicted octanol–water partition coefficient (Wildman–Crippen LogP) is 7.36. The van der Waals surface area contributed by atoms with Crippen LogP contribution in [-0.4, -0.2) is 28.3 Å². The molecular formula is C33H32ClN3O3S. The van der Waals surface area contributed by atoms with Gasteiger partial charge in [-0.3, -0.25) is 14.2 Å². The summed E-state index contributed by atoms with van der Waals surface area (Å²) in [5.74, 6) is 0.525. The number of carbonyl (C=O) groups is 1. The van der Waals surface area contributed by atoms with E-state index >= 15 is 0 Å². The fraction of sp³-hybridized carbons (Fsp3) is 0.303. The third kappa shape index (κ3) is 5.29. The first-order chi connectivity index (χ1) is 19.9. The van der Waals surface area contributed by atoms with Crippen LogP contribution in [0, 0.1) is 6.92 Å². The molecule has 6 rings (SSSR count). The highest BCUT2D eigenvalue weighted by molar-refractivity contribution is 7.99. The van der Waals surface area contributed by atoms with E-state index in [1.165, 1.54) is 23.7 Å². The second-order valence-electron chi connectivity index (χ2n) is 10.9. The van der Waals surface area contributed by atoms with E-state index in [-0.39, 0.29) is 22.6 Å². The molecule has 0 unspecified atom stereocenters. The van der Waals surface area contributed by atoms with Gasteiger partial charge in [0.25, 0.3) is 5.56 Å². The van der Waals surface area contributed by atoms with Gasteiger partial charge in [0.1, 0.15) is 5.75 Å². The number of ether oxygens (including phenoxy) is 1. The standard InChI is InChI=1S/C33H32ClN3O3S/c1-21-13-14-23(34)17-27(21)35-28(38)20-41-32-36-30-26-12-5-4-9-22(26)19-33(15-6-3-7-16-33)29(30)31(39)37(32)24-10-8-11-25(18-24)40-2/h4-5,8-14,17-18H,3,6-7,15-16,19-20H2,1-2H3,(H,35,38). The lowest BCUT2D eigenvalue weighted by Crippen LogP contribution is -2.43. The van der Waals surface area contributed by atoms with Crippen LogP contribution in [0.25, 0.3) is 16.9 Å². The fourth-order valence-electron chi connectivity index (χ4n) is 6.31. The molecule has 2 aliphatic carbocycles. The van der Waals surface area contributed by atoms with Gasteiger partial charge in [0.05, 0.1) is 29.8 Å². The van der Waals surface area contributed by atoms with Crippen LogP contribution >= 0.6 is 23.4 Å². The summed E-state index contributed by atoms with van der Waals surface area (Å²) in [6, 6.07) is 21.2. The van der Waals surface area contributed by atoms with Gasteiger partial charge < -0.3 is 10.1 Å². The quantitative estimate of drug-likeness (QED) is 0.189. The number of methoxy groups -OCH3 is 1. The Bertz CT molecular complexity index is 1690. The topological polar surface area (TPSA) is 73.2 Å². The Hall–Kier alpha value is -3.55. The number of aromatic nitrogens is 2. The maximum atomic E-state index is 14.7. The second kappa shape index (κ2) is 11.4. The number of thioether (sulfide) groups is 1. The second-order valence-corrected chi connectivity index (χ2v) is 12.3. The van der Waals surface area contributed by atoms with E-state index in [4.69, 9.17) is 21.3 Å². The lowest BCUT2D eigenvalue weighted by Gasteiger charge is -2.42. The molecule has 41 heavy (non-hydrogen) atoms. The van der Waals surface area contributed by atoms with E-state index in [2.05, 4.69) is 23.5 Å². The van der Waals surface area contributed by atoms with E-state index in [1.807, 2.05) is 43.3 Å². The average Bonchev–Trinajstić information content (AvgIpc) is 2.98. The number of aryl methyl sites for hydroxylation is 1. The lowest BCUT2D eigenvalue weighted by molar-refractivity contribution is -0.113. The number of hydrogen-bond donors (Lipinski definition) is 1. The van der Waals surface area contributed by atoms with Crippen LogP contribution in [0.4, 0.5) is 5.69 Å². The molecule has 3 aromatic carbocycles. The van der Waals surface area contributed by atoms with Crippen LogP contribution in [0.15, 0.2) is 76.7 Å². The highest BCUT2D eigenvalue weighted by atomic mass is 35.5. The number of carbonyl (C=O) groups excluding carboxylic acids is 1. The Labute approximate surface area is 249 Å². The summed E-state index contributed by atoms with van der Waals surface area (Å²) in [6.07, 6.45) is 6.17. The van der Waals surface area contributed by atoms with Crippen molar-refractivity contribution in [3.05, 3.63) is 98.8 Å². The van der Waals surface area contributed by atoms with E-state index in [0.717, 1.165) is 54.5 Å². The Kier molecular flexibility index (Phi) is 7.66. The van der Waals surface area contributed by atoms with Crippen molar-refractivity contribution >= 4 is 35.0 Å². The monoisotopic (exact) mass is 585 g/mol. The van der Waals surface area contributed by atoms with E-state index in [0.29, 0.717) is 27.3 Å². The number of rotatable bonds is 6. The summed E-state index contributed by atoms with van der Waals surface area (Å²) in [5, 5.41) is 3.99. The van der Waals surface area contributed by atoms with Crippen LogP contribution in [0.5, 0.6) is 5.75 Å². The lowest BCUT2D eigenvalue weighted by atomic mass is 9.62.